The molecule has 4 heterocycles. The van der Waals surface area contributed by atoms with Gasteiger partial charge in [-0.05, 0) is 43.2 Å². The van der Waals surface area contributed by atoms with E-state index in [1.54, 1.807) is 15.6 Å². The summed E-state index contributed by atoms with van der Waals surface area (Å²) in [6.45, 7) is -1.79. The molecule has 3 aromatic rings. The number of fused-ring (bicyclic) bond motifs is 1. The van der Waals surface area contributed by atoms with Crippen molar-refractivity contribution < 1.29 is 27.8 Å². The van der Waals surface area contributed by atoms with Crippen LogP contribution in [0.5, 0.6) is 5.75 Å². The predicted octanol–water partition coefficient (Wildman–Crippen LogP) is 3.23. The summed E-state index contributed by atoms with van der Waals surface area (Å²) in [4.78, 5) is 16.3. The normalized spacial score (nSPS) is 19.1. The quantitative estimate of drug-likeness (QED) is 0.652. The van der Waals surface area contributed by atoms with Gasteiger partial charge in [-0.2, -0.15) is 13.9 Å². The van der Waals surface area contributed by atoms with Gasteiger partial charge in [0.1, 0.15) is 11.6 Å². The average molecular weight is 446 g/mol. The van der Waals surface area contributed by atoms with Crippen molar-refractivity contribution in [2.45, 2.75) is 31.6 Å². The van der Waals surface area contributed by atoms with Gasteiger partial charge in [-0.3, -0.25) is 4.79 Å². The second kappa shape index (κ2) is 8.01. The fraction of sp³-hybridized carbons (Fsp3) is 0.364. The van der Waals surface area contributed by atoms with Crippen LogP contribution in [-0.2, 0) is 0 Å². The van der Waals surface area contributed by atoms with Crippen LogP contribution < -0.4 is 9.64 Å². The molecule has 2 saturated heterocycles. The first-order chi connectivity index (χ1) is 15.4. The highest BCUT2D eigenvalue weighted by Crippen LogP contribution is 2.41. The maximum Gasteiger partial charge on any atom is 0.387 e. The molecule has 2 aliphatic rings. The van der Waals surface area contributed by atoms with Crippen molar-refractivity contribution in [1.29, 1.82) is 0 Å². The van der Waals surface area contributed by atoms with Crippen LogP contribution in [0, 0.1) is 5.82 Å². The van der Waals surface area contributed by atoms with E-state index in [2.05, 4.69) is 9.84 Å². The van der Waals surface area contributed by atoms with Crippen molar-refractivity contribution in [2.24, 2.45) is 0 Å². The molecule has 1 aromatic carbocycles. The Hall–Kier alpha value is -3.27. The highest BCUT2D eigenvalue weighted by atomic mass is 19.3. The minimum atomic E-state index is -3.01. The summed E-state index contributed by atoms with van der Waals surface area (Å²) >= 11 is 0. The molecule has 0 saturated carbocycles. The van der Waals surface area contributed by atoms with E-state index < -0.39 is 18.5 Å². The molecule has 5 rings (SSSR count). The molecule has 10 heteroatoms. The summed E-state index contributed by atoms with van der Waals surface area (Å²) in [5.74, 6) is -0.779. The maximum atomic E-state index is 14.0. The number of hydrogen-bond acceptors (Lipinski definition) is 5. The van der Waals surface area contributed by atoms with Gasteiger partial charge < -0.3 is 19.6 Å². The highest BCUT2D eigenvalue weighted by Gasteiger charge is 2.32. The fourth-order valence-electron chi connectivity index (χ4n) is 4.49. The van der Waals surface area contributed by atoms with E-state index in [1.807, 2.05) is 17.0 Å². The SMILES string of the molecule is O=C(c1cnn2ccc(N3CCC[C@@H]3c3cc(F)ccc3OC(F)F)cc12)N1CC(O)C1. The molecule has 2 fully saturated rings. The molecule has 32 heavy (non-hydrogen) atoms. The molecule has 7 nitrogen and oxygen atoms in total. The van der Waals surface area contributed by atoms with Crippen molar-refractivity contribution in [1.82, 2.24) is 14.5 Å². The van der Waals surface area contributed by atoms with Crippen LogP contribution in [0.15, 0.2) is 42.7 Å². The van der Waals surface area contributed by atoms with Crippen molar-refractivity contribution in [3.63, 3.8) is 0 Å². The Morgan fingerprint density at radius 1 is 1.22 bits per heavy atom. The lowest BCUT2D eigenvalue weighted by molar-refractivity contribution is -0.0506. The van der Waals surface area contributed by atoms with Crippen LogP contribution in [0.1, 0.15) is 34.8 Å². The average Bonchev–Trinajstić information content (AvgIpc) is 3.38. The third kappa shape index (κ3) is 3.64. The maximum absolute atomic E-state index is 14.0. The summed E-state index contributed by atoms with van der Waals surface area (Å²) in [7, 11) is 0. The molecule has 1 amide bonds. The topological polar surface area (TPSA) is 70.3 Å². The van der Waals surface area contributed by atoms with Gasteiger partial charge in [-0.1, -0.05) is 0 Å². The molecule has 2 aliphatic heterocycles. The first-order valence-electron chi connectivity index (χ1n) is 10.4. The van der Waals surface area contributed by atoms with Gasteiger partial charge >= 0.3 is 6.61 Å². The number of carbonyl (C=O) groups is 1. The van der Waals surface area contributed by atoms with Crippen molar-refractivity contribution in [2.75, 3.05) is 24.5 Å². The van der Waals surface area contributed by atoms with Crippen LogP contribution in [0.2, 0.25) is 0 Å². The molecule has 0 bridgehead atoms. The minimum Gasteiger partial charge on any atom is -0.434 e. The molecule has 0 unspecified atom stereocenters. The van der Waals surface area contributed by atoms with E-state index in [-0.39, 0.29) is 30.8 Å². The van der Waals surface area contributed by atoms with Crippen molar-refractivity contribution in [3.8, 4) is 5.75 Å². The number of aliphatic hydroxyl groups is 1. The number of hydrogen-bond donors (Lipinski definition) is 1. The van der Waals surface area contributed by atoms with Crippen LogP contribution >= 0.6 is 0 Å². The number of benzene rings is 1. The molecule has 1 atom stereocenters. The van der Waals surface area contributed by atoms with Gasteiger partial charge in [0.25, 0.3) is 5.91 Å². The third-order valence-corrected chi connectivity index (χ3v) is 6.02. The predicted molar refractivity (Wildman–Crippen MR) is 109 cm³/mol. The number of alkyl halides is 2. The van der Waals surface area contributed by atoms with Gasteiger partial charge in [0, 0.05) is 37.1 Å². The van der Waals surface area contributed by atoms with E-state index in [0.717, 1.165) is 18.2 Å². The number of nitrogens with zero attached hydrogens (tertiary/aromatic N) is 4. The third-order valence-electron chi connectivity index (χ3n) is 6.02. The Labute approximate surface area is 181 Å². The molecule has 0 radical (unpaired) electrons. The van der Waals surface area contributed by atoms with E-state index >= 15 is 0 Å². The van der Waals surface area contributed by atoms with Crippen LogP contribution in [0.3, 0.4) is 0 Å². The molecular weight excluding hydrogens is 425 g/mol. The number of carbonyl (C=O) groups excluding carboxylic acids is 1. The van der Waals surface area contributed by atoms with E-state index in [0.29, 0.717) is 29.6 Å². The Kier molecular flexibility index (Phi) is 5.16. The smallest absolute Gasteiger partial charge is 0.387 e. The van der Waals surface area contributed by atoms with E-state index in [1.165, 1.54) is 18.3 Å². The van der Waals surface area contributed by atoms with E-state index in [4.69, 9.17) is 0 Å². The number of aliphatic hydroxyl groups excluding tert-OH is 1. The summed E-state index contributed by atoms with van der Waals surface area (Å²) in [5.41, 5.74) is 2.15. The van der Waals surface area contributed by atoms with Gasteiger partial charge in [-0.15, -0.1) is 0 Å². The number of amides is 1. The minimum absolute atomic E-state index is 0.0454. The lowest BCUT2D eigenvalue weighted by Crippen LogP contribution is -2.53. The molecule has 0 aliphatic carbocycles. The Balaban J connectivity index is 1.49. The van der Waals surface area contributed by atoms with Crippen LogP contribution in [0.25, 0.3) is 5.52 Å². The number of aromatic nitrogens is 2. The van der Waals surface area contributed by atoms with Gasteiger partial charge in [0.15, 0.2) is 0 Å². The van der Waals surface area contributed by atoms with Crippen LogP contribution in [0.4, 0.5) is 18.9 Å². The number of ether oxygens (including phenoxy) is 1. The summed E-state index contributed by atoms with van der Waals surface area (Å²) in [6.07, 6.45) is 4.15. The number of β-amino-alcohol motifs (C(OH)–C–C–N with tert-alkyl or cyclic N) is 1. The highest BCUT2D eigenvalue weighted by molar-refractivity contribution is 6.01. The lowest BCUT2D eigenvalue weighted by Gasteiger charge is -2.35. The van der Waals surface area contributed by atoms with Gasteiger partial charge in [-0.25, -0.2) is 8.91 Å². The Morgan fingerprint density at radius 3 is 2.78 bits per heavy atom. The first-order valence-corrected chi connectivity index (χ1v) is 10.4. The first kappa shape index (κ1) is 20.6. The number of anilines is 1. The molecule has 168 valence electrons. The van der Waals surface area contributed by atoms with E-state index in [9.17, 15) is 23.1 Å². The standard InChI is InChI=1S/C22H21F3N4O3/c23-13-3-4-20(32-22(24)25)16(8-13)18-2-1-6-28(18)14-5-7-29-19(9-14)17(10-26-29)21(31)27-11-15(30)12-27/h3-5,7-10,15,18,22,30H,1-2,6,11-12H2/t18-/m1/s1. The molecular formula is C22H21F3N4O3. The Bertz CT molecular complexity index is 1160. The van der Waals surface area contributed by atoms with Crippen molar-refractivity contribution >= 4 is 17.1 Å². The molecule has 2 aromatic heterocycles. The van der Waals surface area contributed by atoms with Gasteiger partial charge in [0.2, 0.25) is 0 Å². The lowest BCUT2D eigenvalue weighted by atomic mass is 10.0. The second-order valence-corrected chi connectivity index (χ2v) is 8.05. The van der Waals surface area contributed by atoms with Gasteiger partial charge in [0.05, 0.1) is 29.4 Å². The number of likely N-dealkylation sites (tertiary alicyclic amines) is 1. The second-order valence-electron chi connectivity index (χ2n) is 8.05. The van der Waals surface area contributed by atoms with Crippen molar-refractivity contribution in [3.05, 3.63) is 59.7 Å². The zero-order valence-corrected chi connectivity index (χ0v) is 17.0. The molecule has 0 spiro atoms. The monoisotopic (exact) mass is 446 g/mol. The number of pyridine rings is 1. The zero-order chi connectivity index (χ0) is 22.4. The molecule has 1 N–H and O–H groups in total. The Morgan fingerprint density at radius 2 is 2.03 bits per heavy atom. The number of rotatable bonds is 5. The van der Waals surface area contributed by atoms with Crippen LogP contribution in [-0.4, -0.2) is 57.9 Å². The number of halogens is 3. The largest absolute Gasteiger partial charge is 0.434 e. The summed E-state index contributed by atoms with van der Waals surface area (Å²) in [5, 5.41) is 13.7. The summed E-state index contributed by atoms with van der Waals surface area (Å²) < 4.78 is 46.0. The fourth-order valence-corrected chi connectivity index (χ4v) is 4.49. The zero-order valence-electron chi connectivity index (χ0n) is 17.0. The summed E-state index contributed by atoms with van der Waals surface area (Å²) in [6, 6.07) is 6.86.